The lowest BCUT2D eigenvalue weighted by atomic mass is 10.1. The van der Waals surface area contributed by atoms with Crippen LogP contribution in [0.5, 0.6) is 63.2 Å². The molecular formula is C70H74N2O16. The molecule has 0 aromatic heterocycles. The minimum absolute atomic E-state index is 0.0814. The maximum absolute atomic E-state index is 13.2. The van der Waals surface area contributed by atoms with Crippen molar-refractivity contribution in [2.24, 2.45) is 0 Å². The first kappa shape index (κ1) is 63.8. The van der Waals surface area contributed by atoms with E-state index < -0.39 is 29.6 Å². The van der Waals surface area contributed by atoms with Gasteiger partial charge in [0.25, 0.3) is 0 Å². The lowest BCUT2D eigenvalue weighted by molar-refractivity contribution is -0.141. The lowest BCUT2D eigenvalue weighted by Crippen LogP contribution is -2.50. The van der Waals surface area contributed by atoms with E-state index in [1.807, 2.05) is 152 Å². The van der Waals surface area contributed by atoms with Crippen LogP contribution >= 0.6 is 0 Å². The molecule has 0 saturated carbocycles. The number of carbonyl (C=O) groups is 3. The second-order valence-corrected chi connectivity index (χ2v) is 21.1. The van der Waals surface area contributed by atoms with Gasteiger partial charge in [-0.05, 0) is 162 Å². The van der Waals surface area contributed by atoms with Crippen LogP contribution in [0.25, 0.3) is 0 Å². The largest absolute Gasteiger partial charge is 0.497 e. The monoisotopic (exact) mass is 1200 g/mol. The number of alkyl carbamates (subject to hydrolysis) is 1. The van der Waals surface area contributed by atoms with E-state index in [0.29, 0.717) is 59.0 Å². The molecule has 0 saturated heterocycles. The number of ether oxygens (including phenoxy) is 13. The number of benzene rings is 8. The van der Waals surface area contributed by atoms with E-state index in [2.05, 4.69) is 15.4 Å². The van der Waals surface area contributed by atoms with Crippen LogP contribution in [-0.4, -0.2) is 71.7 Å². The van der Waals surface area contributed by atoms with Gasteiger partial charge in [-0.2, -0.15) is 0 Å². The van der Waals surface area contributed by atoms with Gasteiger partial charge in [-0.3, -0.25) is 9.59 Å². The van der Waals surface area contributed by atoms with Crippen molar-refractivity contribution in [3.8, 4) is 63.2 Å². The first-order chi connectivity index (χ1) is 42.6. The molecule has 8 aromatic rings. The van der Waals surface area contributed by atoms with Crippen molar-refractivity contribution in [1.29, 1.82) is 0 Å². The standard InChI is InChI=1S/C70H74N2O16/c1-70(2,3)88-69(75)72-62(68(74)71-39-67(73)80-8)35-47-9-29-59(30-10-47)81-46-54-33-60(82-44-52-19-31-63(84-40-48-11-21-55(76-4)22-12-48)65(36-52)86-42-50-15-25-57(78-6)26-16-50)38-61(34-54)83-45-53-20-32-64(85-41-49-13-23-56(77-5)24-14-49)66(37-53)87-43-51-17-27-58(79-7)28-18-51/h9-34,36-38,62H,35,39-46H2,1-8H3,(H,71,74)(H,72,75). The number of esters is 1. The highest BCUT2D eigenvalue weighted by molar-refractivity contribution is 5.88. The van der Waals surface area contributed by atoms with Gasteiger partial charge in [0, 0.05) is 12.5 Å². The molecule has 0 heterocycles. The molecular weight excluding hydrogens is 1120 g/mol. The molecule has 0 fully saturated rings. The summed E-state index contributed by atoms with van der Waals surface area (Å²) in [6.07, 6.45) is -0.703. The summed E-state index contributed by atoms with van der Waals surface area (Å²) in [5.41, 5.74) is 6.04. The first-order valence-electron chi connectivity index (χ1n) is 28.4. The molecule has 8 rings (SSSR count). The molecule has 0 spiro atoms. The topological polar surface area (TPSA) is 195 Å². The van der Waals surface area contributed by atoms with Gasteiger partial charge in [0.1, 0.15) is 105 Å². The molecule has 0 aliphatic heterocycles. The molecule has 1 atom stereocenters. The van der Waals surface area contributed by atoms with Crippen LogP contribution in [0, 0.1) is 0 Å². The Morgan fingerprint density at radius 3 is 1.09 bits per heavy atom. The number of hydrogen-bond acceptors (Lipinski definition) is 16. The average molecular weight is 1200 g/mol. The predicted octanol–water partition coefficient (Wildman–Crippen LogP) is 12.5. The van der Waals surface area contributed by atoms with Crippen LogP contribution in [0.15, 0.2) is 176 Å². The van der Waals surface area contributed by atoms with Gasteiger partial charge in [-0.1, -0.05) is 72.8 Å². The lowest BCUT2D eigenvalue weighted by Gasteiger charge is -2.23. The Kier molecular flexibility index (Phi) is 23.0. The highest BCUT2D eigenvalue weighted by Crippen LogP contribution is 2.34. The average Bonchev–Trinajstić information content (AvgIpc) is 3.67. The van der Waals surface area contributed by atoms with E-state index in [-0.39, 0.29) is 46.0 Å². The fourth-order valence-electron chi connectivity index (χ4n) is 8.63. The maximum atomic E-state index is 13.2. The molecule has 88 heavy (non-hydrogen) atoms. The van der Waals surface area contributed by atoms with Gasteiger partial charge in [0.2, 0.25) is 5.91 Å². The quantitative estimate of drug-likeness (QED) is 0.0389. The van der Waals surface area contributed by atoms with E-state index in [0.717, 1.165) is 61.9 Å². The van der Waals surface area contributed by atoms with Crippen molar-refractivity contribution in [3.05, 3.63) is 220 Å². The second-order valence-electron chi connectivity index (χ2n) is 21.1. The Morgan fingerprint density at radius 1 is 0.364 bits per heavy atom. The van der Waals surface area contributed by atoms with Gasteiger partial charge in [0.05, 0.1) is 35.5 Å². The summed E-state index contributed by atoms with van der Waals surface area (Å²) < 4.78 is 76.6. The van der Waals surface area contributed by atoms with Crippen LogP contribution in [-0.2, 0) is 71.7 Å². The van der Waals surface area contributed by atoms with Gasteiger partial charge in [0.15, 0.2) is 23.0 Å². The van der Waals surface area contributed by atoms with Crippen molar-refractivity contribution in [2.45, 2.75) is 85.1 Å². The predicted molar refractivity (Wildman–Crippen MR) is 330 cm³/mol. The van der Waals surface area contributed by atoms with Crippen LogP contribution in [0.1, 0.15) is 65.3 Å². The van der Waals surface area contributed by atoms with Crippen molar-refractivity contribution in [1.82, 2.24) is 10.6 Å². The normalized spacial score (nSPS) is 11.2. The van der Waals surface area contributed by atoms with Gasteiger partial charge >= 0.3 is 12.1 Å². The molecule has 2 amide bonds. The number of methoxy groups -OCH3 is 5. The van der Waals surface area contributed by atoms with Crippen molar-refractivity contribution in [2.75, 3.05) is 42.1 Å². The second kappa shape index (κ2) is 31.8. The Bertz CT molecular complexity index is 3340. The first-order valence-corrected chi connectivity index (χ1v) is 28.4. The Labute approximate surface area is 513 Å². The van der Waals surface area contributed by atoms with Crippen LogP contribution in [0.3, 0.4) is 0 Å². The molecule has 1 unspecified atom stereocenters. The molecule has 0 radical (unpaired) electrons. The summed E-state index contributed by atoms with van der Waals surface area (Å²) in [7, 11) is 7.73. The number of rotatable bonds is 31. The summed E-state index contributed by atoms with van der Waals surface area (Å²) >= 11 is 0. The van der Waals surface area contributed by atoms with E-state index in [1.54, 1.807) is 73.5 Å². The zero-order valence-electron chi connectivity index (χ0n) is 50.7. The Morgan fingerprint density at radius 2 is 0.705 bits per heavy atom. The molecule has 2 N–H and O–H groups in total. The third kappa shape index (κ3) is 20.2. The Balaban J connectivity index is 1.02. The summed E-state index contributed by atoms with van der Waals surface area (Å²) in [4.78, 5) is 37.9. The highest BCUT2D eigenvalue weighted by atomic mass is 16.6. The van der Waals surface area contributed by atoms with Gasteiger partial charge < -0.3 is 72.2 Å². The fourth-order valence-corrected chi connectivity index (χ4v) is 8.63. The summed E-state index contributed by atoms with van der Waals surface area (Å²) in [5, 5.41) is 5.14. The summed E-state index contributed by atoms with van der Waals surface area (Å²) in [6, 6.07) is 53.8. The minimum Gasteiger partial charge on any atom is -0.497 e. The zero-order valence-corrected chi connectivity index (χ0v) is 50.7. The highest BCUT2D eigenvalue weighted by Gasteiger charge is 2.26. The molecule has 460 valence electrons. The molecule has 8 aromatic carbocycles. The summed E-state index contributed by atoms with van der Waals surface area (Å²) in [6.45, 7) is 6.34. The van der Waals surface area contributed by atoms with Crippen molar-refractivity contribution >= 4 is 18.0 Å². The third-order valence-corrected chi connectivity index (χ3v) is 13.4. The molecule has 0 aliphatic rings. The fraction of sp³-hybridized carbons (Fsp3) is 0.271. The van der Waals surface area contributed by atoms with Gasteiger partial charge in [-0.25, -0.2) is 4.79 Å². The number of hydrogen-bond donors (Lipinski definition) is 2. The number of carbonyl (C=O) groups excluding carboxylic acids is 3. The molecule has 0 bridgehead atoms. The molecule has 18 heteroatoms. The summed E-state index contributed by atoms with van der Waals surface area (Å²) in [5.74, 6) is 5.47. The number of amides is 2. The van der Waals surface area contributed by atoms with Crippen LogP contribution in [0.2, 0.25) is 0 Å². The zero-order chi connectivity index (χ0) is 62.3. The van der Waals surface area contributed by atoms with Crippen molar-refractivity contribution < 1.29 is 76.0 Å². The molecule has 0 aliphatic carbocycles. The molecule has 18 nitrogen and oxygen atoms in total. The van der Waals surface area contributed by atoms with E-state index in [4.69, 9.17) is 56.8 Å². The number of nitrogens with one attached hydrogen (secondary N) is 2. The third-order valence-electron chi connectivity index (χ3n) is 13.4. The van der Waals surface area contributed by atoms with Crippen LogP contribution in [0.4, 0.5) is 4.79 Å². The van der Waals surface area contributed by atoms with Crippen molar-refractivity contribution in [3.63, 3.8) is 0 Å². The minimum atomic E-state index is -1.07. The van der Waals surface area contributed by atoms with Crippen LogP contribution < -0.4 is 62.7 Å². The smallest absolute Gasteiger partial charge is 0.408 e. The van der Waals surface area contributed by atoms with Gasteiger partial charge in [-0.15, -0.1) is 0 Å². The maximum Gasteiger partial charge on any atom is 0.408 e. The van der Waals surface area contributed by atoms with E-state index in [9.17, 15) is 14.4 Å². The Hall–Kier alpha value is -10.2. The SMILES string of the molecule is COC(=O)CNC(=O)C(Cc1ccc(OCc2cc(OCc3ccc(OCc4ccc(OC)cc4)c(OCc4ccc(OC)cc4)c3)cc(OCc3ccc(OCc4ccc(OC)cc4)c(OCc4ccc(OC)cc4)c3)c2)cc1)NC(=O)OC(C)(C)C. The van der Waals surface area contributed by atoms with E-state index >= 15 is 0 Å². The van der Waals surface area contributed by atoms with E-state index in [1.165, 1.54) is 7.11 Å².